The molecule has 162 valence electrons. The van der Waals surface area contributed by atoms with Gasteiger partial charge in [-0.2, -0.15) is 0 Å². The normalized spacial score (nSPS) is 56.9. The van der Waals surface area contributed by atoms with E-state index in [1.807, 2.05) is 6.92 Å². The van der Waals surface area contributed by atoms with Crippen LogP contribution in [0.25, 0.3) is 0 Å². The molecule has 0 amide bonds. The highest BCUT2D eigenvalue weighted by atomic mass is 16.6. The smallest absolute Gasteiger partial charge is 0.315 e. The van der Waals surface area contributed by atoms with Gasteiger partial charge in [0.1, 0.15) is 11.5 Å². The van der Waals surface area contributed by atoms with E-state index in [1.54, 1.807) is 0 Å². The van der Waals surface area contributed by atoms with Crippen molar-refractivity contribution in [3.05, 3.63) is 0 Å². The summed E-state index contributed by atoms with van der Waals surface area (Å²) in [5, 5.41) is 11.8. The minimum Gasteiger partial charge on any atom is -0.468 e. The molecule has 4 unspecified atom stereocenters. The Bertz CT molecular complexity index is 786. The van der Waals surface area contributed by atoms with E-state index < -0.39 is 21.8 Å². The molecule has 0 radical (unpaired) electrons. The van der Waals surface area contributed by atoms with Gasteiger partial charge in [0.25, 0.3) is 0 Å². The van der Waals surface area contributed by atoms with Crippen molar-refractivity contribution < 1.29 is 24.2 Å². The molecule has 0 aromatic carbocycles. The second-order valence-electron chi connectivity index (χ2n) is 11.9. The van der Waals surface area contributed by atoms with Gasteiger partial charge in [-0.3, -0.25) is 9.59 Å². The van der Waals surface area contributed by atoms with E-state index in [1.165, 1.54) is 7.11 Å². The third-order valence-electron chi connectivity index (χ3n) is 11.0. The summed E-state index contributed by atoms with van der Waals surface area (Å²) in [6.45, 7) is 10.7. The molecular weight excluding hydrogens is 368 g/mol. The number of ether oxygens (including phenoxy) is 2. The molecule has 2 heterocycles. The molecule has 2 aliphatic heterocycles. The van der Waals surface area contributed by atoms with E-state index in [4.69, 9.17) is 9.47 Å². The predicted octanol–water partition coefficient (Wildman–Crippen LogP) is 3.72. The minimum absolute atomic E-state index is 0.00291. The summed E-state index contributed by atoms with van der Waals surface area (Å²) in [4.78, 5) is 27.0. The molecule has 1 spiro atoms. The summed E-state index contributed by atoms with van der Waals surface area (Å²) in [6, 6.07) is 0. The number of rotatable bonds is 1. The standard InChI is InChI=1S/C24H36O5/c1-13-12-24(19(26)28-6)21(4)9-7-15-20(2,3)17-8-10-23(15,18(25)29-17)16(21)11-14(13)22(24,5)27/h13-17,27H,7-12H2,1-6H3/t13?,14?,15-,16?,17-,21+,22?,23+,24-/m1/s1. The van der Waals surface area contributed by atoms with Crippen LogP contribution in [0.5, 0.6) is 0 Å². The van der Waals surface area contributed by atoms with Crippen LogP contribution in [0.2, 0.25) is 0 Å². The average Bonchev–Trinajstić information content (AvgIpc) is 2.77. The van der Waals surface area contributed by atoms with Gasteiger partial charge in [0.05, 0.1) is 18.1 Å². The average molecular weight is 405 g/mol. The molecule has 1 N–H and O–H groups in total. The van der Waals surface area contributed by atoms with E-state index in [2.05, 4.69) is 27.7 Å². The highest BCUT2D eigenvalue weighted by molar-refractivity contribution is 5.84. The number of hydrogen-bond donors (Lipinski definition) is 1. The fraction of sp³-hybridized carbons (Fsp3) is 0.917. The molecule has 6 rings (SSSR count). The first-order valence-corrected chi connectivity index (χ1v) is 11.4. The zero-order valence-electron chi connectivity index (χ0n) is 18.7. The molecule has 4 aliphatic carbocycles. The van der Waals surface area contributed by atoms with Crippen LogP contribution >= 0.6 is 0 Å². The maximum atomic E-state index is 13.5. The largest absolute Gasteiger partial charge is 0.468 e. The highest BCUT2D eigenvalue weighted by Crippen LogP contribution is 2.79. The third-order valence-corrected chi connectivity index (χ3v) is 11.0. The Kier molecular flexibility index (Phi) is 3.68. The maximum Gasteiger partial charge on any atom is 0.315 e. The Morgan fingerprint density at radius 3 is 2.45 bits per heavy atom. The Labute approximate surface area is 173 Å². The molecule has 5 heteroatoms. The zero-order chi connectivity index (χ0) is 21.2. The Balaban J connectivity index is 1.74. The summed E-state index contributed by atoms with van der Waals surface area (Å²) in [5.74, 6) is 0.184. The lowest BCUT2D eigenvalue weighted by molar-refractivity contribution is -0.292. The van der Waals surface area contributed by atoms with Crippen LogP contribution in [0.15, 0.2) is 0 Å². The second-order valence-corrected chi connectivity index (χ2v) is 11.9. The maximum absolute atomic E-state index is 13.5. The van der Waals surface area contributed by atoms with Gasteiger partial charge in [-0.25, -0.2) is 0 Å². The number of carbonyl (C=O) groups is 2. The highest BCUT2D eigenvalue weighted by Gasteiger charge is 2.82. The fourth-order valence-electron chi connectivity index (χ4n) is 9.78. The van der Waals surface area contributed by atoms with Gasteiger partial charge in [-0.15, -0.1) is 0 Å². The van der Waals surface area contributed by atoms with Crippen LogP contribution in [-0.2, 0) is 19.1 Å². The van der Waals surface area contributed by atoms with Crippen LogP contribution in [0, 0.1) is 45.3 Å². The zero-order valence-corrected chi connectivity index (χ0v) is 18.7. The number of methoxy groups -OCH3 is 1. The van der Waals surface area contributed by atoms with Crippen molar-refractivity contribution in [1.82, 2.24) is 0 Å². The topological polar surface area (TPSA) is 72.8 Å². The van der Waals surface area contributed by atoms with E-state index >= 15 is 0 Å². The molecule has 9 atom stereocenters. The van der Waals surface area contributed by atoms with Gasteiger partial charge >= 0.3 is 11.9 Å². The Hall–Kier alpha value is -1.10. The Morgan fingerprint density at radius 2 is 1.83 bits per heavy atom. The molecule has 6 fully saturated rings. The van der Waals surface area contributed by atoms with Crippen molar-refractivity contribution in [3.63, 3.8) is 0 Å². The minimum atomic E-state index is -1.13. The van der Waals surface area contributed by atoms with Crippen LogP contribution in [-0.4, -0.2) is 35.9 Å². The van der Waals surface area contributed by atoms with E-state index in [0.717, 1.165) is 32.1 Å². The van der Waals surface area contributed by atoms with Crippen LogP contribution in [0.4, 0.5) is 0 Å². The number of hydrogen-bond acceptors (Lipinski definition) is 5. The van der Waals surface area contributed by atoms with Crippen molar-refractivity contribution in [3.8, 4) is 0 Å². The first-order chi connectivity index (χ1) is 13.4. The van der Waals surface area contributed by atoms with Crippen molar-refractivity contribution in [2.45, 2.75) is 84.8 Å². The van der Waals surface area contributed by atoms with Gasteiger partial charge in [-0.1, -0.05) is 27.7 Å². The van der Waals surface area contributed by atoms with Crippen LogP contribution < -0.4 is 0 Å². The van der Waals surface area contributed by atoms with Gasteiger partial charge in [0, 0.05) is 5.41 Å². The lowest BCUT2D eigenvalue weighted by atomic mass is 9.33. The second kappa shape index (κ2) is 5.38. The monoisotopic (exact) mass is 404 g/mol. The molecule has 0 aromatic rings. The number of fused-ring (bicyclic) bond motifs is 6. The molecular formula is C24H36O5. The summed E-state index contributed by atoms with van der Waals surface area (Å²) in [7, 11) is 1.44. The summed E-state index contributed by atoms with van der Waals surface area (Å²) >= 11 is 0. The van der Waals surface area contributed by atoms with Gasteiger partial charge < -0.3 is 14.6 Å². The quantitative estimate of drug-likeness (QED) is 0.675. The summed E-state index contributed by atoms with van der Waals surface area (Å²) < 4.78 is 11.4. The third kappa shape index (κ3) is 1.81. The molecule has 6 aliphatic rings. The predicted molar refractivity (Wildman–Crippen MR) is 107 cm³/mol. The number of carbonyl (C=O) groups excluding carboxylic acids is 2. The Morgan fingerprint density at radius 1 is 1.14 bits per heavy atom. The lowest BCUT2D eigenvalue weighted by Gasteiger charge is -2.71. The SMILES string of the molecule is COC(=O)[C@]12CC(C)C(CC3[C@]1(C)CC[C@@H]1C(C)(C)[C@H]4CC[C@@]31C(=O)O4)C2(C)O. The molecule has 0 aromatic heterocycles. The van der Waals surface area contributed by atoms with Gasteiger partial charge in [0.15, 0.2) is 0 Å². The number of aliphatic hydroxyl groups is 1. The number of esters is 2. The van der Waals surface area contributed by atoms with Crippen LogP contribution in [0.3, 0.4) is 0 Å². The first kappa shape index (κ1) is 19.8. The molecule has 4 saturated carbocycles. The molecule has 29 heavy (non-hydrogen) atoms. The molecule has 5 nitrogen and oxygen atoms in total. The van der Waals surface area contributed by atoms with Crippen LogP contribution in [0.1, 0.15) is 73.1 Å². The van der Waals surface area contributed by atoms with Gasteiger partial charge in [0.2, 0.25) is 0 Å². The summed E-state index contributed by atoms with van der Waals surface area (Å²) in [6.07, 6.45) is 4.93. The van der Waals surface area contributed by atoms with Crippen molar-refractivity contribution in [1.29, 1.82) is 0 Å². The first-order valence-electron chi connectivity index (χ1n) is 11.4. The summed E-state index contributed by atoms with van der Waals surface area (Å²) in [5.41, 5.74) is -3.17. The fourth-order valence-corrected chi connectivity index (χ4v) is 9.78. The van der Waals surface area contributed by atoms with Crippen molar-refractivity contribution in [2.24, 2.45) is 45.3 Å². The molecule has 4 bridgehead atoms. The van der Waals surface area contributed by atoms with E-state index in [-0.39, 0.29) is 47.1 Å². The molecule has 2 saturated heterocycles. The van der Waals surface area contributed by atoms with E-state index in [9.17, 15) is 14.7 Å². The van der Waals surface area contributed by atoms with Crippen molar-refractivity contribution >= 4 is 11.9 Å². The lowest BCUT2D eigenvalue weighted by Crippen LogP contribution is -2.74. The van der Waals surface area contributed by atoms with E-state index in [0.29, 0.717) is 6.42 Å². The van der Waals surface area contributed by atoms with Crippen molar-refractivity contribution in [2.75, 3.05) is 7.11 Å². The van der Waals surface area contributed by atoms with Gasteiger partial charge in [-0.05, 0) is 74.5 Å².